The largest absolute Gasteiger partial charge is 0.363 e. The van der Waals surface area contributed by atoms with Gasteiger partial charge in [-0.1, -0.05) is 36.8 Å². The van der Waals surface area contributed by atoms with E-state index in [0.717, 1.165) is 6.54 Å². The second-order valence-corrected chi connectivity index (χ2v) is 5.04. The Labute approximate surface area is 101 Å². The summed E-state index contributed by atoms with van der Waals surface area (Å²) in [6, 6.07) is 10.5. The molecular weight excluding hydrogens is 214 g/mol. The monoisotopic (exact) mass is 231 g/mol. The average Bonchev–Trinajstić information content (AvgIpc) is 3.12. The van der Waals surface area contributed by atoms with Crippen molar-refractivity contribution in [1.82, 2.24) is 5.32 Å². The zero-order valence-corrected chi connectivity index (χ0v) is 9.82. The van der Waals surface area contributed by atoms with Gasteiger partial charge in [0.1, 0.15) is 0 Å². The van der Waals surface area contributed by atoms with Crippen molar-refractivity contribution in [2.45, 2.75) is 30.8 Å². The number of hydrogen-bond acceptors (Lipinski definition) is 2. The highest BCUT2D eigenvalue weighted by atomic mass is 16.6. The molecule has 2 aliphatic rings. The predicted octanol–water partition coefficient (Wildman–Crippen LogP) is 1.62. The van der Waals surface area contributed by atoms with Crippen molar-refractivity contribution in [2.24, 2.45) is 0 Å². The highest BCUT2D eigenvalue weighted by Gasteiger charge is 2.40. The molecule has 1 saturated heterocycles. The van der Waals surface area contributed by atoms with Gasteiger partial charge in [-0.15, -0.1) is 0 Å². The van der Waals surface area contributed by atoms with Gasteiger partial charge >= 0.3 is 0 Å². The van der Waals surface area contributed by atoms with Crippen LogP contribution < -0.4 is 5.32 Å². The number of amides is 1. The molecule has 1 atom stereocenters. The fourth-order valence-corrected chi connectivity index (χ4v) is 2.53. The van der Waals surface area contributed by atoms with Crippen LogP contribution in [0.25, 0.3) is 0 Å². The molecule has 0 bridgehead atoms. The minimum atomic E-state index is -0.178. The number of benzene rings is 1. The smallest absolute Gasteiger partial charge is 0.251 e. The number of carbonyl (C=O) groups excluding carboxylic acids is 1. The Kier molecular flexibility index (Phi) is 2.63. The van der Waals surface area contributed by atoms with Crippen LogP contribution in [0.5, 0.6) is 0 Å². The summed E-state index contributed by atoms with van der Waals surface area (Å²) in [7, 11) is 0. The van der Waals surface area contributed by atoms with E-state index in [1.165, 1.54) is 24.8 Å². The lowest BCUT2D eigenvalue weighted by Gasteiger charge is -2.42. The van der Waals surface area contributed by atoms with E-state index in [1.54, 1.807) is 0 Å². The Balaban J connectivity index is 1.67. The SMILES string of the molecule is O=C(NCC1(c2ccccc2)CCC1)C1CO1. The summed E-state index contributed by atoms with van der Waals surface area (Å²) in [4.78, 5) is 11.6. The second kappa shape index (κ2) is 4.15. The van der Waals surface area contributed by atoms with E-state index in [9.17, 15) is 4.79 Å². The molecule has 1 heterocycles. The normalized spacial score (nSPS) is 24.8. The third-order valence-corrected chi connectivity index (χ3v) is 3.92. The fraction of sp³-hybridized carbons (Fsp3) is 0.500. The minimum Gasteiger partial charge on any atom is -0.363 e. The third-order valence-electron chi connectivity index (χ3n) is 3.92. The number of epoxide rings is 1. The molecule has 0 spiro atoms. The molecule has 17 heavy (non-hydrogen) atoms. The van der Waals surface area contributed by atoms with Crippen molar-refractivity contribution < 1.29 is 9.53 Å². The maximum absolute atomic E-state index is 11.6. The lowest BCUT2D eigenvalue weighted by atomic mass is 9.64. The molecule has 3 nitrogen and oxygen atoms in total. The Bertz CT molecular complexity index is 407. The molecule has 3 rings (SSSR count). The van der Waals surface area contributed by atoms with Crippen LogP contribution in [-0.2, 0) is 14.9 Å². The van der Waals surface area contributed by atoms with Crippen LogP contribution in [0.15, 0.2) is 30.3 Å². The Hall–Kier alpha value is -1.35. The summed E-state index contributed by atoms with van der Waals surface area (Å²) in [5.74, 6) is 0.0483. The molecule has 1 unspecified atom stereocenters. The van der Waals surface area contributed by atoms with Gasteiger partial charge in [0, 0.05) is 12.0 Å². The summed E-state index contributed by atoms with van der Waals surface area (Å²) in [5, 5.41) is 3.02. The summed E-state index contributed by atoms with van der Waals surface area (Å²) in [6.45, 7) is 1.33. The third kappa shape index (κ3) is 2.07. The molecule has 2 fully saturated rings. The number of ether oxygens (including phenoxy) is 1. The summed E-state index contributed by atoms with van der Waals surface area (Å²) in [5.41, 5.74) is 1.52. The molecule has 1 aromatic carbocycles. The quantitative estimate of drug-likeness (QED) is 0.800. The van der Waals surface area contributed by atoms with Crippen LogP contribution in [0.4, 0.5) is 0 Å². The standard InChI is InChI=1S/C14H17NO2/c16-13(12-9-17-12)15-10-14(7-4-8-14)11-5-2-1-3-6-11/h1-3,5-6,12H,4,7-10H2,(H,15,16). The molecular formula is C14H17NO2. The van der Waals surface area contributed by atoms with Crippen LogP contribution in [0.2, 0.25) is 0 Å². The van der Waals surface area contributed by atoms with E-state index in [0.29, 0.717) is 6.61 Å². The van der Waals surface area contributed by atoms with Gasteiger partial charge in [-0.25, -0.2) is 0 Å². The van der Waals surface area contributed by atoms with Crippen LogP contribution in [0, 0.1) is 0 Å². The van der Waals surface area contributed by atoms with Crippen LogP contribution in [0.1, 0.15) is 24.8 Å². The molecule has 0 aromatic heterocycles. The van der Waals surface area contributed by atoms with E-state index < -0.39 is 0 Å². The first-order valence-corrected chi connectivity index (χ1v) is 6.25. The van der Waals surface area contributed by atoms with Gasteiger partial charge in [-0.2, -0.15) is 0 Å². The first-order valence-electron chi connectivity index (χ1n) is 6.25. The van der Waals surface area contributed by atoms with Gasteiger partial charge in [0.05, 0.1) is 6.61 Å². The van der Waals surface area contributed by atoms with Crippen molar-refractivity contribution in [3.05, 3.63) is 35.9 Å². The summed E-state index contributed by atoms with van der Waals surface area (Å²) >= 11 is 0. The zero-order chi connectivity index (χ0) is 11.7. The fourth-order valence-electron chi connectivity index (χ4n) is 2.53. The van der Waals surface area contributed by atoms with E-state index in [2.05, 4.69) is 29.6 Å². The van der Waals surface area contributed by atoms with Crippen molar-refractivity contribution in [3.8, 4) is 0 Å². The van der Waals surface area contributed by atoms with Crippen LogP contribution in [0.3, 0.4) is 0 Å². The molecule has 1 amide bonds. The molecule has 1 aliphatic heterocycles. The number of carbonyl (C=O) groups is 1. The summed E-state index contributed by atoms with van der Waals surface area (Å²) in [6.07, 6.45) is 3.42. The van der Waals surface area contributed by atoms with E-state index in [1.807, 2.05) is 6.07 Å². The van der Waals surface area contributed by atoms with E-state index in [-0.39, 0.29) is 17.4 Å². The van der Waals surface area contributed by atoms with Gasteiger partial charge < -0.3 is 10.1 Å². The van der Waals surface area contributed by atoms with Crippen molar-refractivity contribution >= 4 is 5.91 Å². The highest BCUT2D eigenvalue weighted by Crippen LogP contribution is 2.43. The van der Waals surface area contributed by atoms with Gasteiger partial charge in [0.15, 0.2) is 6.10 Å². The highest BCUT2D eigenvalue weighted by molar-refractivity contribution is 5.82. The molecule has 0 radical (unpaired) electrons. The molecule has 1 aromatic rings. The predicted molar refractivity (Wildman–Crippen MR) is 64.7 cm³/mol. The number of nitrogens with one attached hydrogen (secondary N) is 1. The van der Waals surface area contributed by atoms with Crippen LogP contribution >= 0.6 is 0 Å². The van der Waals surface area contributed by atoms with Gasteiger partial charge in [0.25, 0.3) is 5.91 Å². The molecule has 1 aliphatic carbocycles. The number of rotatable bonds is 4. The Morgan fingerprint density at radius 1 is 1.35 bits per heavy atom. The lowest BCUT2D eigenvalue weighted by Crippen LogP contribution is -2.46. The second-order valence-electron chi connectivity index (χ2n) is 5.04. The average molecular weight is 231 g/mol. The maximum atomic E-state index is 11.6. The Morgan fingerprint density at radius 3 is 2.59 bits per heavy atom. The molecule has 3 heteroatoms. The molecule has 1 N–H and O–H groups in total. The zero-order valence-electron chi connectivity index (χ0n) is 9.82. The summed E-state index contributed by atoms with van der Waals surface area (Å²) < 4.78 is 4.98. The lowest BCUT2D eigenvalue weighted by molar-refractivity contribution is -0.122. The van der Waals surface area contributed by atoms with Gasteiger partial charge in [0.2, 0.25) is 0 Å². The van der Waals surface area contributed by atoms with Crippen molar-refractivity contribution in [2.75, 3.05) is 13.2 Å². The first-order chi connectivity index (χ1) is 8.30. The van der Waals surface area contributed by atoms with E-state index in [4.69, 9.17) is 4.74 Å². The number of hydrogen-bond donors (Lipinski definition) is 1. The van der Waals surface area contributed by atoms with Crippen LogP contribution in [-0.4, -0.2) is 25.2 Å². The molecule has 90 valence electrons. The minimum absolute atomic E-state index is 0.0483. The van der Waals surface area contributed by atoms with Crippen molar-refractivity contribution in [1.29, 1.82) is 0 Å². The van der Waals surface area contributed by atoms with E-state index >= 15 is 0 Å². The van der Waals surface area contributed by atoms with Crippen molar-refractivity contribution in [3.63, 3.8) is 0 Å². The molecule has 1 saturated carbocycles. The van der Waals surface area contributed by atoms with Gasteiger partial charge in [-0.05, 0) is 18.4 Å². The van der Waals surface area contributed by atoms with Gasteiger partial charge in [-0.3, -0.25) is 4.79 Å². The first kappa shape index (κ1) is 10.8. The maximum Gasteiger partial charge on any atom is 0.251 e. The topological polar surface area (TPSA) is 41.6 Å². The Morgan fingerprint density at radius 2 is 2.06 bits per heavy atom.